The largest absolute Gasteiger partial charge is 0.295 e. The van der Waals surface area contributed by atoms with E-state index in [9.17, 15) is 0 Å². The van der Waals surface area contributed by atoms with Crippen molar-refractivity contribution in [1.29, 1.82) is 0 Å². The van der Waals surface area contributed by atoms with E-state index in [1.165, 1.54) is 18.5 Å². The summed E-state index contributed by atoms with van der Waals surface area (Å²) in [7, 11) is 0. The molecule has 0 bridgehead atoms. The monoisotopic (exact) mass is 223 g/mol. The molecule has 1 fully saturated rings. The standard InChI is InChI=1S/C9H9N3S2/c13-8-5-7(6-1-2-6)11-12(8)9-10-3-4-14-9/h3-6,11H,1-2H2. The fourth-order valence-corrected chi connectivity index (χ4v) is 2.42. The molecule has 2 aromatic heterocycles. The lowest BCUT2D eigenvalue weighted by Gasteiger charge is -1.95. The van der Waals surface area contributed by atoms with Crippen LogP contribution in [-0.4, -0.2) is 14.8 Å². The lowest BCUT2D eigenvalue weighted by atomic mass is 10.3. The Morgan fingerprint density at radius 1 is 1.57 bits per heavy atom. The zero-order valence-electron chi connectivity index (χ0n) is 7.43. The molecule has 0 aliphatic heterocycles. The van der Waals surface area contributed by atoms with Gasteiger partial charge in [-0.15, -0.1) is 11.3 Å². The maximum Gasteiger partial charge on any atom is 0.209 e. The molecule has 2 heterocycles. The third-order valence-electron chi connectivity index (χ3n) is 2.37. The summed E-state index contributed by atoms with van der Waals surface area (Å²) in [5, 5.41) is 6.18. The van der Waals surface area contributed by atoms with Crippen LogP contribution in [0.15, 0.2) is 17.6 Å². The van der Waals surface area contributed by atoms with Crippen molar-refractivity contribution >= 4 is 23.6 Å². The number of hydrogen-bond donors (Lipinski definition) is 1. The molecule has 1 aliphatic rings. The summed E-state index contributed by atoms with van der Waals surface area (Å²) >= 11 is 6.86. The smallest absolute Gasteiger partial charge is 0.209 e. The van der Waals surface area contributed by atoms with Crippen molar-refractivity contribution in [2.75, 3.05) is 0 Å². The van der Waals surface area contributed by atoms with Gasteiger partial charge in [0.05, 0.1) is 0 Å². The van der Waals surface area contributed by atoms with Crippen molar-refractivity contribution in [1.82, 2.24) is 14.8 Å². The number of nitrogens with zero attached hydrogens (tertiary/aromatic N) is 2. The second-order valence-corrected chi connectivity index (χ2v) is 4.77. The van der Waals surface area contributed by atoms with Crippen LogP contribution in [0.25, 0.3) is 5.13 Å². The van der Waals surface area contributed by atoms with E-state index >= 15 is 0 Å². The molecule has 5 heteroatoms. The van der Waals surface area contributed by atoms with Crippen LogP contribution in [-0.2, 0) is 0 Å². The van der Waals surface area contributed by atoms with Crippen molar-refractivity contribution in [2.45, 2.75) is 18.8 Å². The van der Waals surface area contributed by atoms with E-state index in [0.717, 1.165) is 9.77 Å². The Labute approximate surface area is 90.4 Å². The van der Waals surface area contributed by atoms with Crippen molar-refractivity contribution in [2.24, 2.45) is 0 Å². The minimum Gasteiger partial charge on any atom is -0.295 e. The molecule has 0 spiro atoms. The van der Waals surface area contributed by atoms with Gasteiger partial charge in [-0.1, -0.05) is 12.2 Å². The Bertz CT molecular complexity index is 490. The molecule has 1 aliphatic carbocycles. The van der Waals surface area contributed by atoms with Crippen molar-refractivity contribution in [3.63, 3.8) is 0 Å². The van der Waals surface area contributed by atoms with Crippen LogP contribution < -0.4 is 0 Å². The van der Waals surface area contributed by atoms with Gasteiger partial charge >= 0.3 is 0 Å². The van der Waals surface area contributed by atoms with E-state index in [2.05, 4.69) is 16.1 Å². The van der Waals surface area contributed by atoms with E-state index < -0.39 is 0 Å². The Hall–Kier alpha value is -0.940. The zero-order chi connectivity index (χ0) is 9.54. The van der Waals surface area contributed by atoms with Gasteiger partial charge < -0.3 is 0 Å². The molecule has 1 saturated carbocycles. The number of nitrogens with one attached hydrogen (secondary N) is 1. The van der Waals surface area contributed by atoms with Crippen LogP contribution in [0.5, 0.6) is 0 Å². The van der Waals surface area contributed by atoms with E-state index in [4.69, 9.17) is 12.2 Å². The quantitative estimate of drug-likeness (QED) is 0.794. The van der Waals surface area contributed by atoms with E-state index in [1.807, 2.05) is 10.1 Å². The van der Waals surface area contributed by atoms with Crippen LogP contribution >= 0.6 is 23.6 Å². The lowest BCUT2D eigenvalue weighted by molar-refractivity contribution is 0.822. The third-order valence-corrected chi connectivity index (χ3v) is 3.43. The van der Waals surface area contributed by atoms with Crippen LogP contribution in [0.1, 0.15) is 24.5 Å². The molecule has 0 atom stereocenters. The van der Waals surface area contributed by atoms with E-state index in [1.54, 1.807) is 17.5 Å². The molecule has 3 nitrogen and oxygen atoms in total. The third kappa shape index (κ3) is 1.33. The molecule has 0 radical (unpaired) electrons. The molecule has 0 amide bonds. The maximum atomic E-state index is 5.27. The number of H-pyrrole nitrogens is 1. The Kier molecular flexibility index (Phi) is 1.81. The van der Waals surface area contributed by atoms with Gasteiger partial charge in [-0.05, 0) is 18.9 Å². The predicted molar refractivity (Wildman–Crippen MR) is 58.6 cm³/mol. The summed E-state index contributed by atoms with van der Waals surface area (Å²) in [6.45, 7) is 0. The molecule has 2 aromatic rings. The molecule has 1 N–H and O–H groups in total. The topological polar surface area (TPSA) is 33.6 Å². The number of aromatic amines is 1. The molecule has 14 heavy (non-hydrogen) atoms. The van der Waals surface area contributed by atoms with Crippen LogP contribution in [0.3, 0.4) is 0 Å². The summed E-state index contributed by atoms with van der Waals surface area (Å²) < 4.78 is 2.70. The first-order chi connectivity index (χ1) is 6.84. The number of rotatable bonds is 2. The summed E-state index contributed by atoms with van der Waals surface area (Å²) in [6, 6.07) is 2.05. The number of hydrogen-bond acceptors (Lipinski definition) is 3. The molecule has 72 valence electrons. The second-order valence-electron chi connectivity index (χ2n) is 3.47. The average Bonchev–Trinajstić information content (AvgIpc) is 2.75. The average molecular weight is 223 g/mol. The number of thiazole rings is 1. The van der Waals surface area contributed by atoms with Crippen molar-refractivity contribution < 1.29 is 0 Å². The Morgan fingerprint density at radius 3 is 3.07 bits per heavy atom. The Morgan fingerprint density at radius 2 is 2.43 bits per heavy atom. The first-order valence-electron chi connectivity index (χ1n) is 4.56. The highest BCUT2D eigenvalue weighted by molar-refractivity contribution is 7.71. The van der Waals surface area contributed by atoms with Gasteiger partial charge in [0, 0.05) is 23.2 Å². The van der Waals surface area contributed by atoms with E-state index in [-0.39, 0.29) is 0 Å². The van der Waals surface area contributed by atoms with Crippen LogP contribution in [0.4, 0.5) is 0 Å². The van der Waals surface area contributed by atoms with Gasteiger partial charge in [0.1, 0.15) is 4.64 Å². The summed E-state index contributed by atoms with van der Waals surface area (Å²) in [6.07, 6.45) is 4.36. The predicted octanol–water partition coefficient (Wildman–Crippen LogP) is 2.87. The van der Waals surface area contributed by atoms with Crippen molar-refractivity contribution in [3.8, 4) is 5.13 Å². The van der Waals surface area contributed by atoms with E-state index in [0.29, 0.717) is 5.92 Å². The van der Waals surface area contributed by atoms with Gasteiger partial charge in [0.25, 0.3) is 0 Å². The summed E-state index contributed by atoms with van der Waals surface area (Å²) in [5.41, 5.74) is 1.25. The van der Waals surface area contributed by atoms with Gasteiger partial charge in [0.2, 0.25) is 5.13 Å². The summed E-state index contributed by atoms with van der Waals surface area (Å²) in [4.78, 5) is 4.22. The molecule has 0 aromatic carbocycles. The SMILES string of the molecule is S=c1cc(C2CC2)[nH]n1-c1nccs1. The first-order valence-corrected chi connectivity index (χ1v) is 5.85. The van der Waals surface area contributed by atoms with Crippen LogP contribution in [0, 0.1) is 4.64 Å². The van der Waals surface area contributed by atoms with Gasteiger partial charge in [-0.2, -0.15) is 0 Å². The van der Waals surface area contributed by atoms with Gasteiger partial charge in [-0.25, -0.2) is 9.67 Å². The molecular formula is C9H9N3S2. The lowest BCUT2D eigenvalue weighted by Crippen LogP contribution is -1.95. The molecular weight excluding hydrogens is 214 g/mol. The van der Waals surface area contributed by atoms with Gasteiger partial charge in [-0.3, -0.25) is 5.10 Å². The first kappa shape index (κ1) is 8.38. The Balaban J connectivity index is 2.09. The minimum absolute atomic E-state index is 0.706. The minimum atomic E-state index is 0.706. The zero-order valence-corrected chi connectivity index (χ0v) is 9.07. The summed E-state index contributed by atoms with van der Waals surface area (Å²) in [5.74, 6) is 0.706. The molecule has 0 unspecified atom stereocenters. The fraction of sp³-hybridized carbons (Fsp3) is 0.333. The highest BCUT2D eigenvalue weighted by atomic mass is 32.1. The molecule has 3 rings (SSSR count). The normalized spacial score (nSPS) is 16.0. The number of aromatic nitrogens is 3. The van der Waals surface area contributed by atoms with Crippen LogP contribution in [0.2, 0.25) is 0 Å². The second kappa shape index (κ2) is 3.03. The highest BCUT2D eigenvalue weighted by Gasteiger charge is 2.25. The highest BCUT2D eigenvalue weighted by Crippen LogP contribution is 2.39. The molecule has 0 saturated heterocycles. The fourth-order valence-electron chi connectivity index (χ4n) is 1.49. The van der Waals surface area contributed by atoms with Crippen molar-refractivity contribution in [3.05, 3.63) is 28.0 Å². The van der Waals surface area contributed by atoms with Gasteiger partial charge in [0.15, 0.2) is 0 Å². The maximum absolute atomic E-state index is 5.27.